The van der Waals surface area contributed by atoms with Gasteiger partial charge in [-0.3, -0.25) is 4.79 Å². The van der Waals surface area contributed by atoms with E-state index in [0.717, 1.165) is 18.4 Å². The fourth-order valence-electron chi connectivity index (χ4n) is 1.77. The van der Waals surface area contributed by atoms with Gasteiger partial charge in [0.15, 0.2) is 0 Å². The molecule has 0 saturated heterocycles. The van der Waals surface area contributed by atoms with E-state index in [4.69, 9.17) is 16.3 Å². The van der Waals surface area contributed by atoms with E-state index < -0.39 is 0 Å². The first-order valence-electron chi connectivity index (χ1n) is 6.71. The molecule has 1 aromatic carbocycles. The lowest BCUT2D eigenvalue weighted by Crippen LogP contribution is -2.13. The lowest BCUT2D eigenvalue weighted by molar-refractivity contribution is -0.144. The largest absolute Gasteiger partial charge is 0.458 e. The molecule has 1 atom stereocenters. The highest BCUT2D eigenvalue weighted by Crippen LogP contribution is 2.14. The summed E-state index contributed by atoms with van der Waals surface area (Å²) in [5.74, 6) is -0.261. The fourth-order valence-corrected chi connectivity index (χ4v) is 1.97. The lowest BCUT2D eigenvalue weighted by atomic mass is 10.1. The van der Waals surface area contributed by atoms with Crippen molar-refractivity contribution in [2.75, 3.05) is 0 Å². The number of halogens is 1. The molecular weight excluding hydrogens is 272 g/mol. The maximum Gasteiger partial charge on any atom is 0.303 e. The van der Waals surface area contributed by atoms with Crippen molar-refractivity contribution in [3.8, 4) is 0 Å². The standard InChI is InChI=1S/C17H21ClO2/c1-13(2)6-4-9-17(20-14(3)19)11-10-15-7-5-8-16(18)12-15/h5-8,10-12,17H,4,9H2,1-3H3/b11-10+. The Morgan fingerprint density at radius 1 is 1.35 bits per heavy atom. The highest BCUT2D eigenvalue weighted by molar-refractivity contribution is 6.30. The van der Waals surface area contributed by atoms with Crippen LogP contribution < -0.4 is 0 Å². The van der Waals surface area contributed by atoms with Gasteiger partial charge in [0, 0.05) is 11.9 Å². The Hall–Kier alpha value is -1.54. The van der Waals surface area contributed by atoms with Crippen LogP contribution in [0.2, 0.25) is 5.02 Å². The van der Waals surface area contributed by atoms with Crippen molar-refractivity contribution in [1.82, 2.24) is 0 Å². The van der Waals surface area contributed by atoms with Crippen LogP contribution in [0.15, 0.2) is 42.0 Å². The Morgan fingerprint density at radius 2 is 2.10 bits per heavy atom. The Morgan fingerprint density at radius 3 is 2.70 bits per heavy atom. The zero-order valence-electron chi connectivity index (χ0n) is 12.2. The average molecular weight is 293 g/mol. The van der Waals surface area contributed by atoms with E-state index in [9.17, 15) is 4.79 Å². The first-order valence-corrected chi connectivity index (χ1v) is 7.09. The number of hydrogen-bond acceptors (Lipinski definition) is 2. The SMILES string of the molecule is CC(=O)OC(/C=C/c1cccc(Cl)c1)CCC=C(C)C. The van der Waals surface area contributed by atoms with Crippen LogP contribution in [-0.4, -0.2) is 12.1 Å². The monoisotopic (exact) mass is 292 g/mol. The second-order valence-corrected chi connectivity index (χ2v) is 5.36. The van der Waals surface area contributed by atoms with Gasteiger partial charge >= 0.3 is 5.97 Å². The van der Waals surface area contributed by atoms with Gasteiger partial charge in [0.05, 0.1) is 0 Å². The summed E-state index contributed by atoms with van der Waals surface area (Å²) < 4.78 is 5.30. The quantitative estimate of drug-likeness (QED) is 0.543. The van der Waals surface area contributed by atoms with Crippen molar-refractivity contribution in [3.63, 3.8) is 0 Å². The Balaban J connectivity index is 2.68. The van der Waals surface area contributed by atoms with Crippen molar-refractivity contribution >= 4 is 23.6 Å². The molecule has 108 valence electrons. The van der Waals surface area contributed by atoms with Crippen LogP contribution in [0.25, 0.3) is 6.08 Å². The van der Waals surface area contributed by atoms with Crippen molar-refractivity contribution in [2.45, 2.75) is 39.7 Å². The Kier molecular flexibility index (Phi) is 7.10. The van der Waals surface area contributed by atoms with Crippen LogP contribution in [0.3, 0.4) is 0 Å². The van der Waals surface area contributed by atoms with Crippen molar-refractivity contribution in [1.29, 1.82) is 0 Å². The second-order valence-electron chi connectivity index (χ2n) is 4.92. The molecule has 0 aromatic heterocycles. The Bertz CT molecular complexity index is 499. The predicted octanol–water partition coefficient (Wildman–Crippen LogP) is 5.03. The molecule has 0 spiro atoms. The number of hydrogen-bond donors (Lipinski definition) is 0. The maximum atomic E-state index is 11.1. The molecule has 0 aliphatic heterocycles. The molecule has 0 heterocycles. The van der Waals surface area contributed by atoms with Gasteiger partial charge in [-0.25, -0.2) is 0 Å². The van der Waals surface area contributed by atoms with Crippen molar-refractivity contribution in [2.24, 2.45) is 0 Å². The summed E-state index contributed by atoms with van der Waals surface area (Å²) >= 11 is 5.94. The highest BCUT2D eigenvalue weighted by atomic mass is 35.5. The van der Waals surface area contributed by atoms with Crippen LogP contribution in [0, 0.1) is 0 Å². The number of esters is 1. The molecular formula is C17H21ClO2. The molecule has 0 amide bonds. The van der Waals surface area contributed by atoms with Gasteiger partial charge in [-0.05, 0) is 50.5 Å². The molecule has 1 rings (SSSR count). The van der Waals surface area contributed by atoms with Gasteiger partial charge < -0.3 is 4.74 Å². The van der Waals surface area contributed by atoms with Gasteiger partial charge in [-0.2, -0.15) is 0 Å². The highest BCUT2D eigenvalue weighted by Gasteiger charge is 2.07. The topological polar surface area (TPSA) is 26.3 Å². The molecule has 0 N–H and O–H groups in total. The maximum absolute atomic E-state index is 11.1. The minimum atomic E-state index is -0.261. The van der Waals surface area contributed by atoms with Crippen LogP contribution in [0.4, 0.5) is 0 Å². The van der Waals surface area contributed by atoms with E-state index in [0.29, 0.717) is 5.02 Å². The van der Waals surface area contributed by atoms with E-state index in [1.807, 2.05) is 36.4 Å². The molecule has 2 nitrogen and oxygen atoms in total. The number of allylic oxidation sites excluding steroid dienone is 2. The van der Waals surface area contributed by atoms with Gasteiger partial charge in [-0.15, -0.1) is 0 Å². The lowest BCUT2D eigenvalue weighted by Gasteiger charge is -2.12. The zero-order valence-corrected chi connectivity index (χ0v) is 13.0. The van der Waals surface area contributed by atoms with E-state index in [2.05, 4.69) is 19.9 Å². The smallest absolute Gasteiger partial charge is 0.303 e. The minimum Gasteiger partial charge on any atom is -0.458 e. The van der Waals surface area contributed by atoms with Gasteiger partial charge in [0.2, 0.25) is 0 Å². The van der Waals surface area contributed by atoms with Gasteiger partial charge in [0.25, 0.3) is 0 Å². The number of carbonyl (C=O) groups excluding carboxylic acids is 1. The summed E-state index contributed by atoms with van der Waals surface area (Å²) in [7, 11) is 0. The predicted molar refractivity (Wildman–Crippen MR) is 84.7 cm³/mol. The second kappa shape index (κ2) is 8.60. The molecule has 0 radical (unpaired) electrons. The molecule has 1 unspecified atom stereocenters. The number of carbonyl (C=O) groups is 1. The average Bonchev–Trinajstić information content (AvgIpc) is 2.35. The van der Waals surface area contributed by atoms with E-state index >= 15 is 0 Å². The summed E-state index contributed by atoms with van der Waals surface area (Å²) in [5.41, 5.74) is 2.27. The summed E-state index contributed by atoms with van der Waals surface area (Å²) in [5, 5.41) is 0.695. The summed E-state index contributed by atoms with van der Waals surface area (Å²) in [6.07, 6.45) is 7.45. The van der Waals surface area contributed by atoms with Crippen molar-refractivity contribution in [3.05, 3.63) is 52.6 Å². The van der Waals surface area contributed by atoms with Crippen LogP contribution in [0.1, 0.15) is 39.2 Å². The first-order chi connectivity index (χ1) is 9.47. The van der Waals surface area contributed by atoms with Gasteiger partial charge in [0.1, 0.15) is 6.10 Å². The number of ether oxygens (including phenoxy) is 1. The molecule has 20 heavy (non-hydrogen) atoms. The fraction of sp³-hybridized carbons (Fsp3) is 0.353. The normalized spacial score (nSPS) is 12.2. The van der Waals surface area contributed by atoms with Crippen LogP contribution >= 0.6 is 11.6 Å². The van der Waals surface area contributed by atoms with Crippen LogP contribution in [-0.2, 0) is 9.53 Å². The molecule has 0 bridgehead atoms. The summed E-state index contributed by atoms with van der Waals surface area (Å²) in [6.45, 7) is 5.55. The molecule has 0 saturated carbocycles. The molecule has 0 aliphatic carbocycles. The van der Waals surface area contributed by atoms with Crippen LogP contribution in [0.5, 0.6) is 0 Å². The third-order valence-electron chi connectivity index (χ3n) is 2.67. The number of rotatable bonds is 6. The van der Waals surface area contributed by atoms with E-state index in [1.165, 1.54) is 12.5 Å². The summed E-state index contributed by atoms with van der Waals surface area (Å²) in [4.78, 5) is 11.1. The van der Waals surface area contributed by atoms with Crippen molar-refractivity contribution < 1.29 is 9.53 Å². The molecule has 3 heteroatoms. The Labute approximate surface area is 126 Å². The van der Waals surface area contributed by atoms with E-state index in [1.54, 1.807) is 0 Å². The first kappa shape index (κ1) is 16.5. The molecule has 0 aliphatic rings. The van der Waals surface area contributed by atoms with Gasteiger partial charge in [-0.1, -0.05) is 41.5 Å². The minimum absolute atomic E-state index is 0.206. The zero-order chi connectivity index (χ0) is 15.0. The third-order valence-corrected chi connectivity index (χ3v) is 2.91. The van der Waals surface area contributed by atoms with E-state index in [-0.39, 0.29) is 12.1 Å². The number of benzene rings is 1. The molecule has 0 fully saturated rings. The summed E-state index contributed by atoms with van der Waals surface area (Å²) in [6, 6.07) is 7.56. The molecule has 1 aromatic rings. The third kappa shape index (κ3) is 7.15.